The third-order valence-electron chi connectivity index (χ3n) is 4.65. The van der Waals surface area contributed by atoms with Crippen LogP contribution < -0.4 is 16.5 Å². The summed E-state index contributed by atoms with van der Waals surface area (Å²) in [6.45, 7) is 1.77. The van der Waals surface area contributed by atoms with Crippen molar-refractivity contribution in [3.63, 3.8) is 0 Å². The predicted molar refractivity (Wildman–Crippen MR) is 115 cm³/mol. The minimum atomic E-state index is -0.724. The van der Waals surface area contributed by atoms with E-state index in [-0.39, 0.29) is 16.5 Å². The first-order valence-corrected chi connectivity index (χ1v) is 9.26. The SMILES string of the molecule is Cc1cc2c(c(C(N)=O)n1)c(=O)cc(NC1=CC=CC=CC1)n2-c1ccccc1. The Morgan fingerprint density at radius 2 is 1.93 bits per heavy atom. The van der Waals surface area contributed by atoms with Gasteiger partial charge < -0.3 is 11.1 Å². The number of pyridine rings is 2. The smallest absolute Gasteiger partial charge is 0.268 e. The lowest BCUT2D eigenvalue weighted by Crippen LogP contribution is -2.21. The molecule has 2 heterocycles. The van der Waals surface area contributed by atoms with Gasteiger partial charge in [0.1, 0.15) is 11.5 Å². The van der Waals surface area contributed by atoms with Crippen molar-refractivity contribution in [2.24, 2.45) is 5.73 Å². The Morgan fingerprint density at radius 1 is 1.14 bits per heavy atom. The van der Waals surface area contributed by atoms with Crippen LogP contribution in [0, 0.1) is 6.92 Å². The van der Waals surface area contributed by atoms with Crippen LogP contribution in [0.5, 0.6) is 0 Å². The Balaban J connectivity index is 2.04. The maximum absolute atomic E-state index is 13.0. The third-order valence-corrected chi connectivity index (χ3v) is 4.65. The number of benzene rings is 1. The number of nitrogens with zero attached hydrogens (tertiary/aromatic N) is 2. The molecule has 3 N–H and O–H groups in total. The molecule has 0 spiro atoms. The Labute approximate surface area is 167 Å². The minimum Gasteiger partial charge on any atom is -0.364 e. The monoisotopic (exact) mass is 384 g/mol. The van der Waals surface area contributed by atoms with E-state index < -0.39 is 5.91 Å². The van der Waals surface area contributed by atoms with Crippen LogP contribution in [0.3, 0.4) is 0 Å². The van der Waals surface area contributed by atoms with E-state index in [0.717, 1.165) is 11.4 Å². The van der Waals surface area contributed by atoms with E-state index in [1.165, 1.54) is 6.07 Å². The number of nitrogens with one attached hydrogen (secondary N) is 1. The van der Waals surface area contributed by atoms with Gasteiger partial charge in [-0.2, -0.15) is 0 Å². The molecule has 0 atom stereocenters. The van der Waals surface area contributed by atoms with Crippen LogP contribution >= 0.6 is 0 Å². The van der Waals surface area contributed by atoms with Gasteiger partial charge in [-0.05, 0) is 31.2 Å². The standard InChI is InChI=1S/C23H20N4O2/c1-15-13-18-21(22(25-15)23(24)29)19(28)14-20(26-16-9-5-2-3-6-10-16)27(18)17-11-7-4-8-12-17/h2-9,11-14,26H,10H2,1H3,(H2,24,29). The first kappa shape index (κ1) is 18.4. The number of nitrogens with two attached hydrogens (primary N) is 1. The second kappa shape index (κ2) is 7.59. The highest BCUT2D eigenvalue weighted by molar-refractivity contribution is 6.04. The second-order valence-corrected chi connectivity index (χ2v) is 6.77. The lowest BCUT2D eigenvalue weighted by atomic mass is 10.1. The van der Waals surface area contributed by atoms with E-state index in [0.29, 0.717) is 23.4 Å². The highest BCUT2D eigenvalue weighted by Crippen LogP contribution is 2.26. The van der Waals surface area contributed by atoms with Crippen LogP contribution in [0.4, 0.5) is 5.82 Å². The van der Waals surface area contributed by atoms with Crippen molar-refractivity contribution in [2.75, 3.05) is 5.32 Å². The van der Waals surface area contributed by atoms with Crippen LogP contribution in [0.25, 0.3) is 16.6 Å². The van der Waals surface area contributed by atoms with E-state index >= 15 is 0 Å². The van der Waals surface area contributed by atoms with Gasteiger partial charge in [-0.15, -0.1) is 0 Å². The first-order valence-electron chi connectivity index (χ1n) is 9.26. The Kier molecular flexibility index (Phi) is 4.83. The molecule has 6 nitrogen and oxygen atoms in total. The summed E-state index contributed by atoms with van der Waals surface area (Å²) in [5.41, 5.74) is 8.17. The van der Waals surface area contributed by atoms with Crippen molar-refractivity contribution in [1.82, 2.24) is 9.55 Å². The molecule has 2 aromatic heterocycles. The van der Waals surface area contributed by atoms with Crippen molar-refractivity contribution in [1.29, 1.82) is 0 Å². The van der Waals surface area contributed by atoms with E-state index in [4.69, 9.17) is 5.73 Å². The molecule has 29 heavy (non-hydrogen) atoms. The molecular formula is C23H20N4O2. The number of para-hydroxylation sites is 1. The average molecular weight is 384 g/mol. The number of allylic oxidation sites excluding steroid dienone is 5. The molecule has 144 valence electrons. The molecular weight excluding hydrogens is 364 g/mol. The van der Waals surface area contributed by atoms with Crippen molar-refractivity contribution < 1.29 is 4.79 Å². The lowest BCUT2D eigenvalue weighted by molar-refractivity contribution is 0.0997. The molecule has 0 unspecified atom stereocenters. The largest absolute Gasteiger partial charge is 0.364 e. The van der Waals surface area contributed by atoms with Gasteiger partial charge in [-0.25, -0.2) is 4.98 Å². The molecule has 1 aromatic carbocycles. The van der Waals surface area contributed by atoms with E-state index in [2.05, 4.69) is 10.3 Å². The summed E-state index contributed by atoms with van der Waals surface area (Å²) in [7, 11) is 0. The van der Waals surface area contributed by atoms with Gasteiger partial charge in [0.05, 0.1) is 10.9 Å². The van der Waals surface area contributed by atoms with Crippen LogP contribution in [0.15, 0.2) is 83.3 Å². The number of amides is 1. The molecule has 1 amide bonds. The molecule has 4 rings (SSSR count). The Morgan fingerprint density at radius 3 is 2.69 bits per heavy atom. The highest BCUT2D eigenvalue weighted by Gasteiger charge is 2.18. The topological polar surface area (TPSA) is 90.0 Å². The summed E-state index contributed by atoms with van der Waals surface area (Å²) in [6, 6.07) is 12.9. The van der Waals surface area contributed by atoms with Crippen molar-refractivity contribution >= 4 is 22.6 Å². The lowest BCUT2D eigenvalue weighted by Gasteiger charge is -2.20. The number of hydrogen-bond acceptors (Lipinski definition) is 4. The predicted octanol–water partition coefficient (Wildman–Crippen LogP) is 3.60. The summed E-state index contributed by atoms with van der Waals surface area (Å²) < 4.78 is 1.91. The fraction of sp³-hybridized carbons (Fsp3) is 0.0870. The molecule has 0 fully saturated rings. The van der Waals surface area contributed by atoms with E-state index in [1.807, 2.05) is 65.3 Å². The summed E-state index contributed by atoms with van der Waals surface area (Å²) in [6.07, 6.45) is 10.6. The summed E-state index contributed by atoms with van der Waals surface area (Å²) in [5, 5.41) is 3.59. The number of hydrogen-bond donors (Lipinski definition) is 2. The van der Waals surface area contributed by atoms with Gasteiger partial charge in [0.25, 0.3) is 5.91 Å². The third kappa shape index (κ3) is 3.60. The zero-order valence-electron chi connectivity index (χ0n) is 15.9. The molecule has 0 saturated heterocycles. The molecule has 1 aliphatic rings. The quantitative estimate of drug-likeness (QED) is 0.719. The number of aryl methyl sites for hydroxylation is 1. The molecule has 0 aliphatic heterocycles. The molecule has 0 saturated carbocycles. The molecule has 0 bridgehead atoms. The van der Waals surface area contributed by atoms with Gasteiger partial charge in [-0.3, -0.25) is 14.2 Å². The number of anilines is 1. The molecule has 6 heteroatoms. The number of primary amides is 1. The zero-order chi connectivity index (χ0) is 20.4. The summed E-state index contributed by atoms with van der Waals surface area (Å²) >= 11 is 0. The first-order chi connectivity index (χ1) is 14.0. The van der Waals surface area contributed by atoms with Crippen LogP contribution in [0.2, 0.25) is 0 Å². The highest BCUT2D eigenvalue weighted by atomic mass is 16.1. The van der Waals surface area contributed by atoms with Gasteiger partial charge in [0.2, 0.25) is 0 Å². The zero-order valence-corrected chi connectivity index (χ0v) is 15.9. The fourth-order valence-electron chi connectivity index (χ4n) is 3.43. The minimum absolute atomic E-state index is 0.0132. The summed E-state index contributed by atoms with van der Waals surface area (Å²) in [4.78, 5) is 29.2. The van der Waals surface area contributed by atoms with Crippen LogP contribution in [-0.2, 0) is 0 Å². The number of aromatic nitrogens is 2. The normalized spacial score (nSPS) is 13.2. The molecule has 0 radical (unpaired) electrons. The fourth-order valence-corrected chi connectivity index (χ4v) is 3.43. The van der Waals surface area contributed by atoms with E-state index in [1.54, 1.807) is 13.0 Å². The number of carbonyl (C=O) groups excluding carboxylic acids is 1. The number of carbonyl (C=O) groups is 1. The van der Waals surface area contributed by atoms with E-state index in [9.17, 15) is 9.59 Å². The number of fused-ring (bicyclic) bond motifs is 1. The Bertz CT molecular complexity index is 1250. The second-order valence-electron chi connectivity index (χ2n) is 6.77. The van der Waals surface area contributed by atoms with Gasteiger partial charge in [0.15, 0.2) is 5.43 Å². The molecule has 3 aromatic rings. The van der Waals surface area contributed by atoms with Crippen molar-refractivity contribution in [3.05, 3.63) is 100 Å². The average Bonchev–Trinajstić information content (AvgIpc) is 2.96. The summed E-state index contributed by atoms with van der Waals surface area (Å²) in [5.74, 6) is -0.123. The maximum atomic E-state index is 13.0. The molecule has 1 aliphatic carbocycles. The van der Waals surface area contributed by atoms with Crippen molar-refractivity contribution in [3.8, 4) is 5.69 Å². The maximum Gasteiger partial charge on any atom is 0.268 e. The van der Waals surface area contributed by atoms with Gasteiger partial charge in [-0.1, -0.05) is 42.5 Å². The number of rotatable bonds is 4. The Hall–Kier alpha value is -3.93. The van der Waals surface area contributed by atoms with Crippen LogP contribution in [-0.4, -0.2) is 15.5 Å². The van der Waals surface area contributed by atoms with Gasteiger partial charge in [0, 0.05) is 29.6 Å². The van der Waals surface area contributed by atoms with Crippen molar-refractivity contribution in [2.45, 2.75) is 13.3 Å². The van der Waals surface area contributed by atoms with Crippen LogP contribution in [0.1, 0.15) is 22.6 Å². The van der Waals surface area contributed by atoms with Gasteiger partial charge >= 0.3 is 0 Å².